The third-order valence-corrected chi connectivity index (χ3v) is 21.5. The quantitative estimate of drug-likeness (QED) is 0.0424. The zero-order chi connectivity index (χ0) is 92.3. The summed E-state index contributed by atoms with van der Waals surface area (Å²) in [5.74, 6) is 3.72. The number of nitrogens with zero attached hydrogens (tertiary/aromatic N) is 13. The summed E-state index contributed by atoms with van der Waals surface area (Å²) in [4.78, 5) is 88.9. The number of aryl methyl sites for hydroxylation is 2. The molecule has 0 saturated heterocycles. The van der Waals surface area contributed by atoms with Crippen LogP contribution in [0, 0.1) is 20.8 Å². The van der Waals surface area contributed by atoms with E-state index in [-0.39, 0.29) is 67.9 Å². The van der Waals surface area contributed by atoms with Crippen LogP contribution in [0.15, 0.2) is 238 Å². The van der Waals surface area contributed by atoms with Crippen LogP contribution >= 0.6 is 0 Å². The lowest BCUT2D eigenvalue weighted by molar-refractivity contribution is -0.136. The molecule has 0 aliphatic heterocycles. The molecule has 0 radical (unpaired) electrons. The van der Waals surface area contributed by atoms with Crippen LogP contribution in [-0.4, -0.2) is 134 Å². The monoisotopic (exact) mass is 1800 g/mol. The van der Waals surface area contributed by atoms with E-state index in [1.54, 1.807) is 80.7 Å². The highest BCUT2D eigenvalue weighted by molar-refractivity contribution is 5.99. The van der Waals surface area contributed by atoms with E-state index in [4.69, 9.17) is 14.7 Å². The Kier molecular flexibility index (Phi) is 21.4. The van der Waals surface area contributed by atoms with Gasteiger partial charge in [-0.3, -0.25) is 85.3 Å². The number of benzene rings is 9. The van der Waals surface area contributed by atoms with Gasteiger partial charge in [-0.2, -0.15) is 59.9 Å². The van der Waals surface area contributed by atoms with Crippen molar-refractivity contribution in [2.45, 2.75) is 39.3 Å². The molecular weight excluding hydrogens is 1740 g/mol. The lowest BCUT2D eigenvalue weighted by Crippen LogP contribution is -2.14. The van der Waals surface area contributed by atoms with Crippen LogP contribution in [0.5, 0.6) is 5.75 Å². The van der Waals surface area contributed by atoms with Crippen molar-refractivity contribution < 1.29 is 44.3 Å². The maximum Gasteiger partial charge on any atom is 0.417 e. The number of hydrogen-bond acceptors (Lipinski definition) is 22. The zero-order valence-corrected chi connectivity index (χ0v) is 69.0. The normalized spacial score (nSPS) is 11.8. The van der Waals surface area contributed by atoms with E-state index in [0.29, 0.717) is 96.9 Å². The van der Waals surface area contributed by atoms with Crippen LogP contribution in [-0.2, 0) is 18.5 Å². The lowest BCUT2D eigenvalue weighted by Gasteiger charge is -2.15. The van der Waals surface area contributed by atoms with E-state index < -0.39 is 68.1 Å². The number of fused-ring (bicyclic) bond motifs is 8. The SMILES string of the molecule is COc1c(-c2nc(Nc3cc(C)[nH]n3)c3ccccc3n2)ccc2[nH][nH]c(=O)c12.Cc1nc(-c2ccc3[nH][nH]c(=O)c3c2C(F)(F)F)nc(Nc2n[nH]c3ccccc23)c1C.O=c1[nH][nH]c2ccc(-c3nc(Nc4n[nH]c5ccccc45)cc(-c4ccccc4)n3)c(C(F)(F)F)c12.O=c1[nH][nH]c2ccc(-c3nc(Nc4n[nH]c5ccccc45)cc(-c4ccccn4)n3)c(C(F)(F)F)c12. The van der Waals surface area contributed by atoms with E-state index in [1.165, 1.54) is 43.5 Å². The predicted octanol–water partition coefficient (Wildman–Crippen LogP) is 18.5. The Bertz CT molecular complexity index is 8230. The Morgan fingerprint density at radius 3 is 1.20 bits per heavy atom. The fourth-order valence-electron chi connectivity index (χ4n) is 15.3. The van der Waals surface area contributed by atoms with Crippen LogP contribution in [0.2, 0.25) is 0 Å². The standard InChI is InChI=1S/C25H16F3N7O.C24H15F3N8O.C21H16F3N7O.C20H17N7O2/c26-25(27,28)21-15(10-11-17-20(21)24(36)35-33-17)22-29-18(13-6-2-1-3-7-13)12-19(30-22)31-23-14-8-4-5-9-16(14)32-34-23;25-24(26,27)20-13(8-9-16-19(20)23(36)35-33-16)21-29-17(15-7-3-4-10-28-15)11-18(30-21)31-22-12-5-1-2-6-14(12)32-34-22;1-9-10(2)25-18(26-17(9)27-19-11-5-3-4-6-13(11)28-30-19)12-7-8-14-15(20(32)31-29-14)16(12)21(22,23)24;1-10-9-15(26-24-10)22-18-11-5-3-4-6-13(11)21-19(23-18)12-7-8-14-16(17(12)29-2)20(28)27-25-14/h1-12H,(H2,33,35,36)(H2,29,30,31,32,34);1-11H,(H2,33,35,36)(H2,29,30,31,32,34);3-8H,1-2H3,(H2,29,31,32)(H2,25,26,27,28,30);3-9H,1-2H3,(H2,25,27,28)(H2,21,22,23,24,26). The number of nitrogens with one attached hydrogen (secondary N) is 16. The van der Waals surface area contributed by atoms with Gasteiger partial charge in [0.15, 0.2) is 46.6 Å². The molecule has 0 aliphatic rings. The third kappa shape index (κ3) is 16.5. The van der Waals surface area contributed by atoms with Crippen LogP contribution in [0.3, 0.4) is 0 Å². The highest BCUT2D eigenvalue weighted by Gasteiger charge is 2.42. The second-order valence-electron chi connectivity index (χ2n) is 29.9. The van der Waals surface area contributed by atoms with Gasteiger partial charge in [0.05, 0.1) is 107 Å². The number of aromatic nitrogens is 25. The number of hydrogen-bond donors (Lipinski definition) is 16. The summed E-state index contributed by atoms with van der Waals surface area (Å²) in [6.45, 7) is 5.38. The molecule has 662 valence electrons. The summed E-state index contributed by atoms with van der Waals surface area (Å²) in [5.41, 5.74) is 1.28. The number of H-pyrrole nitrogens is 12. The second kappa shape index (κ2) is 33.8. The molecule has 43 heteroatoms. The number of methoxy groups -OCH3 is 1. The van der Waals surface area contributed by atoms with E-state index >= 15 is 0 Å². The van der Waals surface area contributed by atoms with Crippen LogP contribution in [0.4, 0.5) is 86.1 Å². The number of ether oxygens (including phenoxy) is 1. The number of para-hydroxylation sites is 4. The van der Waals surface area contributed by atoms with Crippen molar-refractivity contribution in [3.63, 3.8) is 0 Å². The van der Waals surface area contributed by atoms with Gasteiger partial charge in [0.1, 0.15) is 34.4 Å². The van der Waals surface area contributed by atoms with Gasteiger partial charge >= 0.3 is 18.5 Å². The molecule has 0 unspecified atom stereocenters. The molecule has 0 atom stereocenters. The summed E-state index contributed by atoms with van der Waals surface area (Å²) in [6.07, 6.45) is -12.9. The largest absolute Gasteiger partial charge is 0.495 e. The minimum Gasteiger partial charge on any atom is -0.495 e. The third-order valence-electron chi connectivity index (χ3n) is 21.5. The number of pyridine rings is 1. The fraction of sp³-hybridized carbons (Fsp3) is 0.0778. The van der Waals surface area contributed by atoms with Crippen molar-refractivity contribution in [1.29, 1.82) is 0 Å². The Morgan fingerprint density at radius 2 is 0.722 bits per heavy atom. The summed E-state index contributed by atoms with van der Waals surface area (Å²) < 4.78 is 133. The molecule has 22 rings (SSSR count). The molecule has 0 saturated carbocycles. The van der Waals surface area contributed by atoms with Crippen LogP contribution in [0.1, 0.15) is 33.6 Å². The minimum absolute atomic E-state index is 0.0262. The minimum atomic E-state index is -4.85. The van der Waals surface area contributed by atoms with E-state index in [2.05, 4.69) is 138 Å². The number of halogens is 9. The molecule has 13 aromatic heterocycles. The fourth-order valence-corrected chi connectivity index (χ4v) is 15.3. The maximum atomic E-state index is 14.3. The Labute approximate surface area is 736 Å². The molecule has 34 nitrogen and oxygen atoms in total. The molecule has 9 aromatic carbocycles. The molecular formula is C90H64F9N29O5. The van der Waals surface area contributed by atoms with Crippen LogP contribution in [0.25, 0.3) is 155 Å². The zero-order valence-electron chi connectivity index (χ0n) is 69.0. The van der Waals surface area contributed by atoms with Gasteiger partial charge in [-0.05, 0) is 130 Å². The number of aromatic amines is 12. The highest BCUT2D eigenvalue weighted by Crippen LogP contribution is 2.46. The topological polar surface area (TPSA) is 483 Å². The van der Waals surface area contributed by atoms with Crippen molar-refractivity contribution in [3.8, 4) is 73.9 Å². The van der Waals surface area contributed by atoms with Gasteiger partial charge < -0.3 is 26.0 Å². The molecule has 0 amide bonds. The van der Waals surface area contributed by atoms with Gasteiger partial charge in [-0.15, -0.1) is 0 Å². The van der Waals surface area contributed by atoms with Gasteiger partial charge in [0.25, 0.3) is 22.2 Å². The molecule has 0 spiro atoms. The number of rotatable bonds is 15. The summed E-state index contributed by atoms with van der Waals surface area (Å²) >= 11 is 0. The van der Waals surface area contributed by atoms with Gasteiger partial charge in [-0.1, -0.05) is 84.9 Å². The molecule has 22 aromatic rings. The average Bonchev–Trinajstić information content (AvgIpc) is 1.71. The van der Waals surface area contributed by atoms with Gasteiger partial charge in [-0.25, -0.2) is 39.9 Å². The first kappa shape index (κ1) is 84.3. The lowest BCUT2D eigenvalue weighted by atomic mass is 10.0. The first-order chi connectivity index (χ1) is 64.1. The second-order valence-corrected chi connectivity index (χ2v) is 29.9. The average molecular weight is 1800 g/mol. The summed E-state index contributed by atoms with van der Waals surface area (Å²) in [5, 5.41) is 62.7. The number of alkyl halides is 9. The Morgan fingerprint density at radius 1 is 0.316 bits per heavy atom. The highest BCUT2D eigenvalue weighted by atomic mass is 19.4. The smallest absolute Gasteiger partial charge is 0.417 e. The van der Waals surface area contributed by atoms with Crippen molar-refractivity contribution in [2.75, 3.05) is 28.4 Å². The molecule has 0 bridgehead atoms. The molecule has 0 aliphatic carbocycles. The van der Waals surface area contributed by atoms with E-state index in [9.17, 15) is 58.7 Å². The molecule has 13 heterocycles. The molecule has 133 heavy (non-hydrogen) atoms. The van der Waals surface area contributed by atoms with Crippen LogP contribution < -0.4 is 48.2 Å². The predicted molar refractivity (Wildman–Crippen MR) is 482 cm³/mol. The van der Waals surface area contributed by atoms with Crippen molar-refractivity contribution in [1.82, 2.24) is 126 Å². The summed E-state index contributed by atoms with van der Waals surface area (Å²) in [6, 6.07) is 60.7. The van der Waals surface area contributed by atoms with E-state index in [1.807, 2.05) is 122 Å². The van der Waals surface area contributed by atoms with Gasteiger partial charge in [0.2, 0.25) is 0 Å². The van der Waals surface area contributed by atoms with Crippen molar-refractivity contribution >= 4 is 134 Å². The van der Waals surface area contributed by atoms with Gasteiger partial charge in [0, 0.05) is 85.1 Å². The Hall–Kier alpha value is -18.2. The first-order valence-electron chi connectivity index (χ1n) is 40.1. The van der Waals surface area contributed by atoms with Crippen molar-refractivity contribution in [3.05, 3.63) is 294 Å². The first-order valence-corrected chi connectivity index (χ1v) is 40.1. The van der Waals surface area contributed by atoms with Crippen molar-refractivity contribution in [2.24, 2.45) is 0 Å². The van der Waals surface area contributed by atoms with E-state index in [0.717, 1.165) is 49.3 Å². The molecule has 0 fully saturated rings. The Balaban J connectivity index is 0.000000115. The molecule has 16 N–H and O–H groups in total. The maximum absolute atomic E-state index is 14.3. The summed E-state index contributed by atoms with van der Waals surface area (Å²) in [7, 11) is 1.53. The number of anilines is 8.